The monoisotopic (exact) mass is 794 g/mol. The van der Waals surface area contributed by atoms with Crippen LogP contribution in [0.5, 0.6) is 0 Å². The largest absolute Gasteiger partial charge is 0.453 e. The van der Waals surface area contributed by atoms with Crippen LogP contribution >= 0.6 is 23.2 Å². The van der Waals surface area contributed by atoms with E-state index in [9.17, 15) is 14.4 Å². The molecule has 2 aliphatic heterocycles. The fourth-order valence-electron chi connectivity index (χ4n) is 6.48. The summed E-state index contributed by atoms with van der Waals surface area (Å²) in [4.78, 5) is 39.7. The second-order valence-electron chi connectivity index (χ2n) is 15.6. The fraction of sp³-hybridized carbons (Fsp3) is 0.625. The minimum absolute atomic E-state index is 0.0906. The van der Waals surface area contributed by atoms with Gasteiger partial charge in [-0.1, -0.05) is 47.5 Å². The van der Waals surface area contributed by atoms with E-state index in [1.165, 1.54) is 7.11 Å². The summed E-state index contributed by atoms with van der Waals surface area (Å²) in [7, 11) is 1.32. The third-order valence-electron chi connectivity index (χ3n) is 8.70. The highest BCUT2D eigenvalue weighted by molar-refractivity contribution is 6.30. The van der Waals surface area contributed by atoms with Gasteiger partial charge < -0.3 is 44.5 Å². The van der Waals surface area contributed by atoms with Gasteiger partial charge in [-0.15, -0.1) is 0 Å². The van der Waals surface area contributed by atoms with Crippen molar-refractivity contribution >= 4 is 41.5 Å². The predicted octanol–water partition coefficient (Wildman–Crippen LogP) is 8.40. The molecule has 2 saturated heterocycles. The summed E-state index contributed by atoms with van der Waals surface area (Å²) in [6, 6.07) is 15.3. The van der Waals surface area contributed by atoms with E-state index in [1.807, 2.05) is 90.1 Å². The molecule has 2 fully saturated rings. The summed E-state index contributed by atoms with van der Waals surface area (Å²) in [6.45, 7) is 15.3. The Bertz CT molecular complexity index is 1480. The maximum absolute atomic E-state index is 12.5. The number of hydrogen-bond donors (Lipinski definition) is 2. The van der Waals surface area contributed by atoms with E-state index in [1.54, 1.807) is 9.80 Å². The van der Waals surface area contributed by atoms with Gasteiger partial charge in [-0.25, -0.2) is 14.4 Å². The Kier molecular flexibility index (Phi) is 18.1. The van der Waals surface area contributed by atoms with Gasteiger partial charge in [0.1, 0.15) is 11.2 Å². The highest BCUT2D eigenvalue weighted by Gasteiger charge is 2.34. The average Bonchev–Trinajstić information content (AvgIpc) is 3.11. The van der Waals surface area contributed by atoms with E-state index >= 15 is 0 Å². The van der Waals surface area contributed by atoms with E-state index in [0.29, 0.717) is 62.5 Å². The molecule has 2 aromatic rings. The molecule has 4 atom stereocenters. The smallest absolute Gasteiger partial charge is 0.410 e. The topological polar surface area (TPSA) is 142 Å². The zero-order valence-electron chi connectivity index (χ0n) is 32.9. The number of alkyl carbamates (subject to hydrolysis) is 1. The molecule has 14 heteroatoms. The van der Waals surface area contributed by atoms with Crippen LogP contribution < -0.4 is 11.1 Å². The second-order valence-corrected chi connectivity index (χ2v) is 16.4. The summed E-state index contributed by atoms with van der Waals surface area (Å²) >= 11 is 12.3. The lowest BCUT2D eigenvalue weighted by Crippen LogP contribution is -2.44. The zero-order valence-corrected chi connectivity index (χ0v) is 34.4. The molecule has 12 nitrogen and oxygen atoms in total. The standard InChI is InChI=1S/C21H31ClN2O5.C19H29ClN2O3/c1-21(2,3)29-20(26)24-11-6-8-16(14-24)18(15-7-5-9-17(22)13-15)28-12-10-23-19(25)27-4;1-19(2,3)25-18(23)22-10-5-7-15(13-22)17(24-11-9-21)14-6-4-8-16(20)12-14/h5,7,9,13,16,18H,6,8,10-12,14H2,1-4H3,(H,23,25);4,6,8,12,15,17H,5,7,9-11,13,21H2,1-3H3/t16-,18+;15-,17+/m11/s1. The van der Waals surface area contributed by atoms with Crippen LogP contribution in [0.15, 0.2) is 48.5 Å². The van der Waals surface area contributed by atoms with Crippen molar-refractivity contribution < 1.29 is 38.1 Å². The third kappa shape index (κ3) is 15.8. The van der Waals surface area contributed by atoms with Gasteiger partial charge in [0, 0.05) is 61.1 Å². The van der Waals surface area contributed by atoms with E-state index in [0.717, 1.165) is 36.8 Å². The van der Waals surface area contributed by atoms with Gasteiger partial charge >= 0.3 is 18.3 Å². The number of ether oxygens (including phenoxy) is 5. The number of carbonyl (C=O) groups excluding carboxylic acids is 3. The van der Waals surface area contributed by atoms with Crippen molar-refractivity contribution in [3.63, 3.8) is 0 Å². The lowest BCUT2D eigenvalue weighted by Gasteiger charge is -2.37. The molecule has 2 heterocycles. The molecular formula is C40H60Cl2N4O8. The molecule has 0 aliphatic carbocycles. The molecule has 2 aromatic carbocycles. The Hall–Kier alpha value is -3.29. The molecule has 0 radical (unpaired) electrons. The van der Waals surface area contributed by atoms with Crippen LogP contribution in [0.2, 0.25) is 10.0 Å². The van der Waals surface area contributed by atoms with Crippen LogP contribution in [0.25, 0.3) is 0 Å². The van der Waals surface area contributed by atoms with Crippen LogP contribution in [0, 0.1) is 11.8 Å². The number of hydrogen-bond acceptors (Lipinski definition) is 9. The number of halogens is 2. The number of carbonyl (C=O) groups is 3. The first kappa shape index (κ1) is 45.1. The summed E-state index contributed by atoms with van der Waals surface area (Å²) < 4.78 is 27.8. The molecule has 302 valence electrons. The third-order valence-corrected chi connectivity index (χ3v) is 9.17. The van der Waals surface area contributed by atoms with Gasteiger partial charge in [-0.2, -0.15) is 0 Å². The summed E-state index contributed by atoms with van der Waals surface area (Å²) in [5.74, 6) is 0.277. The highest BCUT2D eigenvalue weighted by atomic mass is 35.5. The van der Waals surface area contributed by atoms with Crippen molar-refractivity contribution in [3.8, 4) is 0 Å². The number of rotatable bonds is 11. The average molecular weight is 796 g/mol. The van der Waals surface area contributed by atoms with Crippen molar-refractivity contribution in [1.82, 2.24) is 15.1 Å². The van der Waals surface area contributed by atoms with E-state index in [4.69, 9.17) is 47.9 Å². The molecule has 3 N–H and O–H groups in total. The van der Waals surface area contributed by atoms with Crippen LogP contribution in [0.3, 0.4) is 0 Å². The summed E-state index contributed by atoms with van der Waals surface area (Å²) in [6.07, 6.45) is 2.24. The van der Waals surface area contributed by atoms with Crippen molar-refractivity contribution in [1.29, 1.82) is 0 Å². The molecule has 0 saturated carbocycles. The predicted molar refractivity (Wildman–Crippen MR) is 211 cm³/mol. The maximum Gasteiger partial charge on any atom is 0.410 e. The summed E-state index contributed by atoms with van der Waals surface area (Å²) in [5, 5.41) is 3.92. The number of likely N-dealkylation sites (tertiary alicyclic amines) is 2. The van der Waals surface area contributed by atoms with Crippen molar-refractivity contribution in [2.24, 2.45) is 17.6 Å². The molecule has 54 heavy (non-hydrogen) atoms. The Morgan fingerprint density at radius 2 is 1.22 bits per heavy atom. The minimum Gasteiger partial charge on any atom is -0.453 e. The first-order valence-corrected chi connectivity index (χ1v) is 19.5. The molecule has 0 unspecified atom stereocenters. The maximum atomic E-state index is 12.5. The summed E-state index contributed by atoms with van der Waals surface area (Å²) in [5.41, 5.74) is 6.57. The van der Waals surface area contributed by atoms with Crippen LogP contribution in [-0.4, -0.2) is 98.9 Å². The van der Waals surface area contributed by atoms with Crippen LogP contribution in [-0.2, 0) is 23.7 Å². The zero-order chi connectivity index (χ0) is 39.9. The van der Waals surface area contributed by atoms with Gasteiger partial charge in [-0.05, 0) is 103 Å². The van der Waals surface area contributed by atoms with Crippen LogP contribution in [0.4, 0.5) is 14.4 Å². The van der Waals surface area contributed by atoms with Gasteiger partial charge in [0.05, 0.1) is 32.5 Å². The number of benzene rings is 2. The van der Waals surface area contributed by atoms with Gasteiger partial charge in [-0.3, -0.25) is 0 Å². The van der Waals surface area contributed by atoms with Gasteiger partial charge in [0.15, 0.2) is 0 Å². The van der Waals surface area contributed by atoms with Crippen molar-refractivity contribution in [2.45, 2.75) is 90.6 Å². The molecule has 4 rings (SSSR count). The van der Waals surface area contributed by atoms with Gasteiger partial charge in [0.25, 0.3) is 0 Å². The minimum atomic E-state index is -0.535. The Labute approximate surface area is 331 Å². The quantitative estimate of drug-likeness (QED) is 0.169. The lowest BCUT2D eigenvalue weighted by atomic mass is 9.88. The van der Waals surface area contributed by atoms with Gasteiger partial charge in [0.2, 0.25) is 0 Å². The molecule has 2 aliphatic rings. The number of nitrogens with one attached hydrogen (secondary N) is 1. The molecular weight excluding hydrogens is 735 g/mol. The number of nitrogens with zero attached hydrogens (tertiary/aromatic N) is 2. The van der Waals surface area contributed by atoms with E-state index in [-0.39, 0.29) is 36.2 Å². The SMILES string of the molecule is CC(C)(C)OC(=O)N1CCC[C@@H]([C@@H](OCCN)c2cccc(Cl)c2)C1.COC(=O)NCCO[C@@H](c1cccc(Cl)c1)[C@@H]1CCCN(C(=O)OC(C)(C)C)C1. The van der Waals surface area contributed by atoms with E-state index in [2.05, 4.69) is 10.1 Å². The van der Waals surface area contributed by atoms with Crippen molar-refractivity contribution in [2.75, 3.05) is 59.6 Å². The van der Waals surface area contributed by atoms with Crippen LogP contribution in [0.1, 0.15) is 90.6 Å². The number of methoxy groups -OCH3 is 1. The van der Waals surface area contributed by atoms with E-state index < -0.39 is 17.3 Å². The number of amides is 3. The number of piperidine rings is 2. The first-order valence-electron chi connectivity index (χ1n) is 18.7. The normalized spacial score (nSPS) is 18.8. The Balaban J connectivity index is 0.000000294. The Morgan fingerprint density at radius 3 is 1.61 bits per heavy atom. The first-order chi connectivity index (χ1) is 25.5. The molecule has 0 aromatic heterocycles. The lowest BCUT2D eigenvalue weighted by molar-refractivity contribution is -0.0247. The fourth-order valence-corrected chi connectivity index (χ4v) is 6.88. The van der Waals surface area contributed by atoms with Crippen molar-refractivity contribution in [3.05, 3.63) is 69.7 Å². The molecule has 0 bridgehead atoms. The number of nitrogens with two attached hydrogens (primary N) is 1. The second kappa shape index (κ2) is 21.7. The Morgan fingerprint density at radius 1 is 0.778 bits per heavy atom. The molecule has 0 spiro atoms. The highest BCUT2D eigenvalue weighted by Crippen LogP contribution is 2.36. The molecule has 3 amide bonds.